The van der Waals surface area contributed by atoms with Crippen molar-refractivity contribution in [1.82, 2.24) is 4.98 Å². The number of hydrogen-bond acceptors (Lipinski definition) is 3. The number of ether oxygens (including phenoxy) is 1. The van der Waals surface area contributed by atoms with E-state index in [9.17, 15) is 9.18 Å². The minimum absolute atomic E-state index is 0.105. The van der Waals surface area contributed by atoms with Crippen molar-refractivity contribution in [3.63, 3.8) is 0 Å². The van der Waals surface area contributed by atoms with E-state index in [0.717, 1.165) is 25.5 Å². The van der Waals surface area contributed by atoms with E-state index < -0.39 is 11.8 Å². The third-order valence-electron chi connectivity index (χ3n) is 1.89. The minimum Gasteiger partial charge on any atom is -0.423 e. The van der Waals surface area contributed by atoms with Crippen LogP contribution in [0.15, 0.2) is 12.3 Å². The van der Waals surface area contributed by atoms with Gasteiger partial charge in [0.05, 0.1) is 12.4 Å². The van der Waals surface area contributed by atoms with Crippen molar-refractivity contribution in [2.75, 3.05) is 0 Å². The highest BCUT2D eigenvalue weighted by atomic mass is 19.1. The number of esters is 1. The molecule has 0 amide bonds. The molecule has 0 N–H and O–H groups in total. The summed E-state index contributed by atoms with van der Waals surface area (Å²) < 4.78 is 17.8. The zero-order valence-electron chi connectivity index (χ0n) is 8.62. The van der Waals surface area contributed by atoms with E-state index in [1.807, 2.05) is 6.92 Å². The lowest BCUT2D eigenvalue weighted by Crippen LogP contribution is -2.08. The largest absolute Gasteiger partial charge is 0.423 e. The highest BCUT2D eigenvalue weighted by molar-refractivity contribution is 5.72. The van der Waals surface area contributed by atoms with Crippen LogP contribution in [0.2, 0.25) is 0 Å². The van der Waals surface area contributed by atoms with Crippen LogP contribution in [0, 0.1) is 12.0 Å². The van der Waals surface area contributed by atoms with Crippen LogP contribution >= 0.6 is 0 Å². The van der Waals surface area contributed by atoms with Gasteiger partial charge in [-0.3, -0.25) is 9.78 Å². The second-order valence-electron chi connectivity index (χ2n) is 3.18. The van der Waals surface area contributed by atoms with Crippen LogP contribution in [0.3, 0.4) is 0 Å². The van der Waals surface area contributed by atoms with Crippen LogP contribution in [-0.2, 0) is 4.79 Å². The molecule has 0 atom stereocenters. The van der Waals surface area contributed by atoms with Gasteiger partial charge in [0.2, 0.25) is 0 Å². The molecule has 81 valence electrons. The van der Waals surface area contributed by atoms with Crippen LogP contribution in [0.25, 0.3) is 0 Å². The summed E-state index contributed by atoms with van der Waals surface area (Å²) in [7, 11) is 0. The molecule has 3 nitrogen and oxygen atoms in total. The predicted molar refractivity (Wildman–Crippen MR) is 52.8 cm³/mol. The molecule has 0 bridgehead atoms. The molecule has 0 saturated heterocycles. The first-order valence-corrected chi connectivity index (χ1v) is 4.96. The van der Waals surface area contributed by atoms with Crippen molar-refractivity contribution in [3.8, 4) is 5.75 Å². The van der Waals surface area contributed by atoms with Gasteiger partial charge in [0, 0.05) is 12.5 Å². The first-order chi connectivity index (χ1) is 7.24. The highest BCUT2D eigenvalue weighted by Crippen LogP contribution is 2.14. The molecule has 0 saturated carbocycles. The number of carbonyl (C=O) groups excluding carboxylic acids is 1. The average molecular weight is 210 g/mol. The van der Waals surface area contributed by atoms with E-state index >= 15 is 0 Å². The molecule has 1 aromatic rings. The van der Waals surface area contributed by atoms with Gasteiger partial charge in [0.25, 0.3) is 0 Å². The molecule has 0 aliphatic carbocycles. The van der Waals surface area contributed by atoms with Gasteiger partial charge in [-0.1, -0.05) is 19.8 Å². The summed E-state index contributed by atoms with van der Waals surface area (Å²) in [5.74, 6) is -1.16. The third-order valence-corrected chi connectivity index (χ3v) is 1.89. The maximum atomic E-state index is 13.0. The van der Waals surface area contributed by atoms with Crippen LogP contribution in [0.1, 0.15) is 32.6 Å². The number of rotatable bonds is 5. The van der Waals surface area contributed by atoms with Gasteiger partial charge >= 0.3 is 5.97 Å². The maximum Gasteiger partial charge on any atom is 0.311 e. The lowest BCUT2D eigenvalue weighted by atomic mass is 10.2. The minimum atomic E-state index is -0.641. The van der Waals surface area contributed by atoms with Crippen LogP contribution in [-0.4, -0.2) is 11.0 Å². The Morgan fingerprint density at radius 2 is 2.40 bits per heavy atom. The Morgan fingerprint density at radius 3 is 3.07 bits per heavy atom. The van der Waals surface area contributed by atoms with E-state index in [2.05, 4.69) is 11.2 Å². The topological polar surface area (TPSA) is 39.2 Å². The number of unbranched alkanes of at least 4 members (excludes halogenated alkanes) is 2. The van der Waals surface area contributed by atoms with Crippen molar-refractivity contribution >= 4 is 5.97 Å². The first kappa shape index (κ1) is 11.6. The SMILES string of the molecule is CCCCCC(=O)Oc1c[c]ncc1F. The molecule has 0 fully saturated rings. The molecule has 1 aromatic heterocycles. The number of aromatic nitrogens is 1. The maximum absolute atomic E-state index is 13.0. The predicted octanol–water partition coefficient (Wildman–Crippen LogP) is 2.51. The van der Waals surface area contributed by atoms with Crippen molar-refractivity contribution in [2.45, 2.75) is 32.6 Å². The third kappa shape index (κ3) is 4.06. The molecule has 1 heterocycles. The second-order valence-corrected chi connectivity index (χ2v) is 3.18. The van der Waals surface area contributed by atoms with Gasteiger partial charge in [-0.15, -0.1) is 0 Å². The lowest BCUT2D eigenvalue weighted by molar-refractivity contribution is -0.134. The summed E-state index contributed by atoms with van der Waals surface area (Å²) in [4.78, 5) is 14.7. The Kier molecular flexibility index (Phi) is 4.74. The Morgan fingerprint density at radius 1 is 1.60 bits per heavy atom. The fourth-order valence-electron chi connectivity index (χ4n) is 1.09. The van der Waals surface area contributed by atoms with Crippen molar-refractivity contribution in [3.05, 3.63) is 24.3 Å². The van der Waals surface area contributed by atoms with E-state index in [1.165, 1.54) is 6.07 Å². The Labute approximate surface area is 88.3 Å². The van der Waals surface area contributed by atoms with Gasteiger partial charge in [-0.05, 0) is 6.42 Å². The van der Waals surface area contributed by atoms with Crippen LogP contribution in [0.4, 0.5) is 4.39 Å². The number of nitrogens with zero attached hydrogens (tertiary/aromatic N) is 1. The number of pyridine rings is 1. The van der Waals surface area contributed by atoms with Gasteiger partial charge in [-0.2, -0.15) is 0 Å². The molecule has 0 unspecified atom stereocenters. The second kappa shape index (κ2) is 6.11. The molecule has 0 aromatic carbocycles. The van der Waals surface area contributed by atoms with Crippen molar-refractivity contribution in [1.29, 1.82) is 0 Å². The normalized spacial score (nSPS) is 10.0. The molecule has 15 heavy (non-hydrogen) atoms. The fraction of sp³-hybridized carbons (Fsp3) is 0.455. The molecular weight excluding hydrogens is 197 g/mol. The summed E-state index contributed by atoms with van der Waals surface area (Å²) in [6.07, 6.45) is 6.46. The summed E-state index contributed by atoms with van der Waals surface area (Å²) in [6, 6.07) is 1.22. The Hall–Kier alpha value is -1.45. The molecule has 1 radical (unpaired) electrons. The molecule has 0 aliphatic heterocycles. The standard InChI is InChI=1S/C11H13FNO2/c1-2-3-4-5-11(14)15-10-6-7-13-8-9(10)12/h6,8H,2-5H2,1H3. The van der Waals surface area contributed by atoms with Crippen molar-refractivity contribution < 1.29 is 13.9 Å². The average Bonchev–Trinajstić information content (AvgIpc) is 2.22. The summed E-state index contributed by atoms with van der Waals surface area (Å²) in [5, 5.41) is 0. The van der Waals surface area contributed by atoms with Gasteiger partial charge in [0.1, 0.15) is 0 Å². The first-order valence-electron chi connectivity index (χ1n) is 4.96. The Balaban J connectivity index is 2.41. The van der Waals surface area contributed by atoms with Crippen LogP contribution in [0.5, 0.6) is 5.75 Å². The summed E-state index contributed by atoms with van der Waals surface area (Å²) in [6.45, 7) is 2.04. The number of carbonyl (C=O) groups is 1. The fourth-order valence-corrected chi connectivity index (χ4v) is 1.09. The van der Waals surface area contributed by atoms with E-state index in [0.29, 0.717) is 6.42 Å². The van der Waals surface area contributed by atoms with E-state index in [-0.39, 0.29) is 5.75 Å². The molecule has 0 aliphatic rings. The van der Waals surface area contributed by atoms with Gasteiger partial charge < -0.3 is 4.74 Å². The van der Waals surface area contributed by atoms with Crippen molar-refractivity contribution in [2.24, 2.45) is 0 Å². The zero-order valence-corrected chi connectivity index (χ0v) is 8.62. The highest BCUT2D eigenvalue weighted by Gasteiger charge is 2.08. The smallest absolute Gasteiger partial charge is 0.311 e. The number of halogens is 1. The quantitative estimate of drug-likeness (QED) is 0.553. The molecular formula is C11H13FNO2. The van der Waals surface area contributed by atoms with E-state index in [1.54, 1.807) is 0 Å². The summed E-state index contributed by atoms with van der Waals surface area (Å²) >= 11 is 0. The Bertz CT molecular complexity index is 328. The molecule has 1 rings (SSSR count). The number of hydrogen-bond donors (Lipinski definition) is 0. The van der Waals surface area contributed by atoms with E-state index in [4.69, 9.17) is 4.74 Å². The molecule has 0 spiro atoms. The van der Waals surface area contributed by atoms with Gasteiger partial charge in [-0.25, -0.2) is 4.39 Å². The summed E-state index contributed by atoms with van der Waals surface area (Å²) in [5.41, 5.74) is 0. The molecule has 4 heteroatoms. The monoisotopic (exact) mass is 210 g/mol. The van der Waals surface area contributed by atoms with Gasteiger partial charge in [0.15, 0.2) is 11.6 Å². The van der Waals surface area contributed by atoms with Crippen LogP contribution < -0.4 is 4.74 Å². The lowest BCUT2D eigenvalue weighted by Gasteiger charge is -2.03. The zero-order chi connectivity index (χ0) is 11.1.